The van der Waals surface area contributed by atoms with E-state index in [-0.39, 0.29) is 16.9 Å². The molecule has 1 rings (SSSR count). The number of likely N-dealkylation sites (N-methyl/N-ethyl adjacent to an activating group) is 1. The van der Waals surface area contributed by atoms with Crippen molar-refractivity contribution in [2.45, 2.75) is 65.4 Å². The van der Waals surface area contributed by atoms with Crippen molar-refractivity contribution >= 4 is 18.0 Å². The first-order chi connectivity index (χ1) is 12.5. The van der Waals surface area contributed by atoms with Gasteiger partial charge in [-0.15, -0.1) is 0 Å². The van der Waals surface area contributed by atoms with Crippen LogP contribution in [-0.2, 0) is 15.0 Å². The Morgan fingerprint density at radius 3 is 2.48 bits per heavy atom. The molecular formula is C20H31N3O4. The van der Waals surface area contributed by atoms with Crippen LogP contribution in [0.25, 0.3) is 0 Å². The SMILES string of the molecule is CCC(O)CC/C(C(=O)N(C)Nc1ccc(C(C)(C)C)c(=O)[nH]1)=C(\C)C=O. The Balaban J connectivity index is 2.98. The third-order valence-corrected chi connectivity index (χ3v) is 4.42. The first-order valence-corrected chi connectivity index (χ1v) is 9.12. The molecule has 7 nitrogen and oxygen atoms in total. The van der Waals surface area contributed by atoms with E-state index >= 15 is 0 Å². The van der Waals surface area contributed by atoms with Crippen LogP contribution in [-0.4, -0.2) is 40.4 Å². The smallest absolute Gasteiger partial charge is 0.268 e. The summed E-state index contributed by atoms with van der Waals surface area (Å²) >= 11 is 0. The van der Waals surface area contributed by atoms with Crippen molar-refractivity contribution in [3.8, 4) is 0 Å². The maximum absolute atomic E-state index is 12.7. The fourth-order valence-electron chi connectivity index (χ4n) is 2.62. The lowest BCUT2D eigenvalue weighted by atomic mass is 9.88. The number of H-pyrrole nitrogens is 1. The molecule has 1 heterocycles. The van der Waals surface area contributed by atoms with Crippen LogP contribution in [0, 0.1) is 0 Å². The number of aromatic amines is 1. The zero-order valence-corrected chi connectivity index (χ0v) is 17.0. The zero-order valence-electron chi connectivity index (χ0n) is 17.0. The Bertz CT molecular complexity index is 759. The lowest BCUT2D eigenvalue weighted by Gasteiger charge is -2.23. The monoisotopic (exact) mass is 377 g/mol. The largest absolute Gasteiger partial charge is 0.393 e. The van der Waals surface area contributed by atoms with E-state index in [9.17, 15) is 19.5 Å². The maximum Gasteiger partial charge on any atom is 0.268 e. The topological polar surface area (TPSA) is 102 Å². The lowest BCUT2D eigenvalue weighted by Crippen LogP contribution is -2.35. The number of hydrogen-bond acceptors (Lipinski definition) is 5. The van der Waals surface area contributed by atoms with Crippen LogP contribution in [0.3, 0.4) is 0 Å². The van der Waals surface area contributed by atoms with Gasteiger partial charge in [-0.3, -0.25) is 24.8 Å². The summed E-state index contributed by atoms with van der Waals surface area (Å²) in [5.41, 5.74) is 3.64. The molecule has 0 radical (unpaired) electrons. The molecule has 150 valence electrons. The maximum atomic E-state index is 12.7. The van der Waals surface area contributed by atoms with E-state index in [2.05, 4.69) is 10.4 Å². The normalized spacial score (nSPS) is 13.6. The summed E-state index contributed by atoms with van der Waals surface area (Å²) in [5, 5.41) is 11.0. The number of anilines is 1. The van der Waals surface area contributed by atoms with Gasteiger partial charge in [-0.2, -0.15) is 0 Å². The number of aldehydes is 1. The highest BCUT2D eigenvalue weighted by atomic mass is 16.3. The average Bonchev–Trinajstić information content (AvgIpc) is 2.59. The molecule has 0 aliphatic rings. The van der Waals surface area contributed by atoms with Crippen LogP contribution in [0.1, 0.15) is 59.4 Å². The first kappa shape index (κ1) is 22.6. The van der Waals surface area contributed by atoms with Gasteiger partial charge in [-0.1, -0.05) is 27.7 Å². The van der Waals surface area contributed by atoms with Gasteiger partial charge in [0.05, 0.1) is 6.10 Å². The molecule has 1 aromatic heterocycles. The predicted octanol–water partition coefficient (Wildman–Crippen LogP) is 2.52. The van der Waals surface area contributed by atoms with Crippen molar-refractivity contribution < 1.29 is 14.7 Å². The quantitative estimate of drug-likeness (QED) is 0.367. The van der Waals surface area contributed by atoms with Crippen molar-refractivity contribution in [1.29, 1.82) is 0 Å². The number of nitrogens with one attached hydrogen (secondary N) is 2. The summed E-state index contributed by atoms with van der Waals surface area (Å²) < 4.78 is 0. The number of aromatic nitrogens is 1. The number of hydrogen-bond donors (Lipinski definition) is 3. The highest BCUT2D eigenvalue weighted by Crippen LogP contribution is 2.19. The van der Waals surface area contributed by atoms with Crippen LogP contribution in [0.15, 0.2) is 28.1 Å². The number of rotatable bonds is 8. The molecule has 0 saturated heterocycles. The second-order valence-corrected chi connectivity index (χ2v) is 7.72. The Hall–Kier alpha value is -2.41. The van der Waals surface area contributed by atoms with E-state index in [0.29, 0.717) is 48.1 Å². The highest BCUT2D eigenvalue weighted by molar-refractivity contribution is 5.99. The van der Waals surface area contributed by atoms with E-state index in [1.807, 2.05) is 27.7 Å². The number of aliphatic hydroxyl groups is 1. The van der Waals surface area contributed by atoms with Crippen molar-refractivity contribution in [3.05, 3.63) is 39.2 Å². The minimum Gasteiger partial charge on any atom is -0.393 e. The van der Waals surface area contributed by atoms with Crippen molar-refractivity contribution in [1.82, 2.24) is 9.99 Å². The van der Waals surface area contributed by atoms with Crippen LogP contribution in [0.2, 0.25) is 0 Å². The van der Waals surface area contributed by atoms with Gasteiger partial charge in [-0.25, -0.2) is 0 Å². The molecule has 0 saturated carbocycles. The molecule has 0 aromatic carbocycles. The number of carbonyl (C=O) groups is 2. The molecule has 1 amide bonds. The predicted molar refractivity (Wildman–Crippen MR) is 106 cm³/mol. The zero-order chi connectivity index (χ0) is 20.8. The molecule has 0 spiro atoms. The van der Waals surface area contributed by atoms with Gasteiger partial charge in [-0.05, 0) is 49.3 Å². The standard InChI is InChI=1S/C20H31N3O4/c1-7-14(25)8-9-15(13(2)12-24)19(27)23(6)22-17-11-10-16(18(26)21-17)20(3,4)5/h10-12,14,25H,7-9H2,1-6H3,(H2,21,22,26)/b15-13-. The van der Waals surface area contributed by atoms with Gasteiger partial charge in [0.1, 0.15) is 12.1 Å². The molecule has 0 fully saturated rings. The molecule has 0 aliphatic carbocycles. The molecule has 0 aliphatic heterocycles. The highest BCUT2D eigenvalue weighted by Gasteiger charge is 2.20. The number of aliphatic hydroxyl groups excluding tert-OH is 1. The summed E-state index contributed by atoms with van der Waals surface area (Å²) in [5.74, 6) is -0.0100. The number of carbonyl (C=O) groups excluding carboxylic acids is 2. The Kier molecular flexibility index (Phi) is 7.97. The fraction of sp³-hybridized carbons (Fsp3) is 0.550. The van der Waals surface area contributed by atoms with Crippen molar-refractivity contribution in [3.63, 3.8) is 0 Å². The van der Waals surface area contributed by atoms with Crippen molar-refractivity contribution in [2.75, 3.05) is 12.5 Å². The lowest BCUT2D eigenvalue weighted by molar-refractivity contribution is -0.125. The number of amides is 1. The molecule has 0 bridgehead atoms. The van der Waals surface area contributed by atoms with E-state index in [4.69, 9.17) is 0 Å². The van der Waals surface area contributed by atoms with E-state index in [1.54, 1.807) is 19.1 Å². The Morgan fingerprint density at radius 2 is 2.00 bits per heavy atom. The van der Waals surface area contributed by atoms with Crippen molar-refractivity contribution in [2.24, 2.45) is 0 Å². The third-order valence-electron chi connectivity index (χ3n) is 4.42. The second-order valence-electron chi connectivity index (χ2n) is 7.72. The van der Waals surface area contributed by atoms with Gasteiger partial charge in [0.15, 0.2) is 0 Å². The minimum atomic E-state index is -0.521. The number of pyridine rings is 1. The van der Waals surface area contributed by atoms with Crippen LogP contribution >= 0.6 is 0 Å². The molecule has 1 atom stereocenters. The van der Waals surface area contributed by atoms with Gasteiger partial charge in [0.2, 0.25) is 0 Å². The number of nitrogens with zero attached hydrogens (tertiary/aromatic N) is 1. The van der Waals surface area contributed by atoms with Gasteiger partial charge in [0.25, 0.3) is 11.5 Å². The second kappa shape index (κ2) is 9.50. The first-order valence-electron chi connectivity index (χ1n) is 9.12. The number of allylic oxidation sites excluding steroid dienone is 1. The molecule has 7 heteroatoms. The third kappa shape index (κ3) is 6.36. The Labute approximate surface area is 160 Å². The van der Waals surface area contributed by atoms with Crippen LogP contribution in [0.4, 0.5) is 5.82 Å². The summed E-state index contributed by atoms with van der Waals surface area (Å²) in [7, 11) is 1.52. The molecule has 3 N–H and O–H groups in total. The van der Waals surface area contributed by atoms with E-state index in [0.717, 1.165) is 0 Å². The fourth-order valence-corrected chi connectivity index (χ4v) is 2.62. The summed E-state index contributed by atoms with van der Waals surface area (Å²) in [4.78, 5) is 38.9. The molecule has 1 aromatic rings. The average molecular weight is 377 g/mol. The molecular weight excluding hydrogens is 346 g/mol. The Morgan fingerprint density at radius 1 is 1.37 bits per heavy atom. The molecule has 1 unspecified atom stereocenters. The molecule has 27 heavy (non-hydrogen) atoms. The minimum absolute atomic E-state index is 0.223. The van der Waals surface area contributed by atoms with Gasteiger partial charge in [0, 0.05) is 18.2 Å². The van der Waals surface area contributed by atoms with Gasteiger partial charge >= 0.3 is 0 Å². The van der Waals surface area contributed by atoms with E-state index < -0.39 is 6.10 Å². The van der Waals surface area contributed by atoms with Crippen LogP contribution in [0.5, 0.6) is 0 Å². The summed E-state index contributed by atoms with van der Waals surface area (Å²) in [6.45, 7) is 9.28. The van der Waals surface area contributed by atoms with E-state index in [1.165, 1.54) is 12.1 Å². The summed E-state index contributed by atoms with van der Waals surface area (Å²) in [6.07, 6.45) is 1.39. The van der Waals surface area contributed by atoms with Gasteiger partial charge < -0.3 is 10.1 Å². The summed E-state index contributed by atoms with van der Waals surface area (Å²) in [6, 6.07) is 3.42. The van der Waals surface area contributed by atoms with Crippen LogP contribution < -0.4 is 11.0 Å². The number of hydrazine groups is 1.